The van der Waals surface area contributed by atoms with Gasteiger partial charge in [-0.2, -0.15) is 0 Å². The smallest absolute Gasteiger partial charge is 0.157 e. The molecule has 0 aliphatic carbocycles. The van der Waals surface area contributed by atoms with E-state index in [0.717, 1.165) is 24.2 Å². The second kappa shape index (κ2) is 7.27. The molecule has 0 saturated carbocycles. The molecule has 100 valence electrons. The number of ether oxygens (including phenoxy) is 1. The van der Waals surface area contributed by atoms with E-state index in [-0.39, 0.29) is 0 Å². The van der Waals surface area contributed by atoms with Gasteiger partial charge in [-0.3, -0.25) is 4.99 Å². The first-order valence-electron chi connectivity index (χ1n) is 6.49. The van der Waals surface area contributed by atoms with Crippen molar-refractivity contribution < 1.29 is 4.74 Å². The van der Waals surface area contributed by atoms with Crippen LogP contribution < -0.4 is 5.32 Å². The van der Waals surface area contributed by atoms with Gasteiger partial charge >= 0.3 is 0 Å². The molecule has 2 atom stereocenters. The van der Waals surface area contributed by atoms with Crippen LogP contribution in [-0.2, 0) is 4.74 Å². The lowest BCUT2D eigenvalue weighted by atomic mass is 10.1. The van der Waals surface area contributed by atoms with Crippen LogP contribution in [0.5, 0.6) is 0 Å². The fourth-order valence-corrected chi connectivity index (χ4v) is 3.20. The number of amidine groups is 1. The predicted octanol–water partition coefficient (Wildman–Crippen LogP) is 2.76. The minimum absolute atomic E-state index is 0.365. The lowest BCUT2D eigenvalue weighted by Gasteiger charge is -2.22. The molecule has 1 heterocycles. The summed E-state index contributed by atoms with van der Waals surface area (Å²) in [4.78, 5) is 4.59. The lowest BCUT2D eigenvalue weighted by Crippen LogP contribution is -2.40. The van der Waals surface area contributed by atoms with Crippen LogP contribution >= 0.6 is 11.8 Å². The Bertz CT molecular complexity index is 254. The molecule has 0 fully saturated rings. The summed E-state index contributed by atoms with van der Waals surface area (Å²) in [6.45, 7) is 10.7. The van der Waals surface area contributed by atoms with Crippen molar-refractivity contribution in [3.63, 3.8) is 0 Å². The number of hydrogen-bond acceptors (Lipinski definition) is 4. The quantitative estimate of drug-likeness (QED) is 0.795. The lowest BCUT2D eigenvalue weighted by molar-refractivity contribution is 0.156. The van der Waals surface area contributed by atoms with Crippen LogP contribution in [0.3, 0.4) is 0 Å². The van der Waals surface area contributed by atoms with Gasteiger partial charge in [0, 0.05) is 12.4 Å². The van der Waals surface area contributed by atoms with Crippen LogP contribution in [0.2, 0.25) is 0 Å². The number of nitrogens with zero attached hydrogens (tertiary/aromatic N) is 1. The molecule has 0 spiro atoms. The van der Waals surface area contributed by atoms with Crippen LogP contribution in [-0.4, -0.2) is 36.7 Å². The Morgan fingerprint density at radius 2 is 2.12 bits per heavy atom. The fourth-order valence-electron chi connectivity index (χ4n) is 1.88. The Labute approximate surface area is 110 Å². The Morgan fingerprint density at radius 1 is 1.41 bits per heavy atom. The number of methoxy groups -OCH3 is 1. The summed E-state index contributed by atoms with van der Waals surface area (Å²) in [5.74, 6) is 1.31. The van der Waals surface area contributed by atoms with Crippen molar-refractivity contribution in [3.8, 4) is 0 Å². The van der Waals surface area contributed by atoms with Gasteiger partial charge < -0.3 is 10.1 Å². The first-order chi connectivity index (χ1) is 8.02. The van der Waals surface area contributed by atoms with Gasteiger partial charge in [0.2, 0.25) is 0 Å². The molecular weight excluding hydrogens is 232 g/mol. The van der Waals surface area contributed by atoms with Gasteiger partial charge in [-0.15, -0.1) is 0 Å². The van der Waals surface area contributed by atoms with Crippen LogP contribution in [0.4, 0.5) is 0 Å². The van der Waals surface area contributed by atoms with Crippen molar-refractivity contribution in [2.45, 2.75) is 45.4 Å². The minimum Gasteiger partial charge on any atom is -0.383 e. The molecular formula is C13H26N2OS. The Hall–Kier alpha value is -0.220. The molecule has 1 N–H and O–H groups in total. The van der Waals surface area contributed by atoms with Crippen LogP contribution in [0, 0.1) is 11.8 Å². The van der Waals surface area contributed by atoms with E-state index < -0.39 is 0 Å². The van der Waals surface area contributed by atoms with Crippen molar-refractivity contribution >= 4 is 16.9 Å². The van der Waals surface area contributed by atoms with Crippen molar-refractivity contribution in [3.05, 3.63) is 0 Å². The Kier molecular flexibility index (Phi) is 6.34. The maximum absolute atomic E-state index is 5.24. The second-order valence-electron chi connectivity index (χ2n) is 5.47. The average molecular weight is 258 g/mol. The van der Waals surface area contributed by atoms with Gasteiger partial charge in [-0.25, -0.2) is 0 Å². The molecule has 1 rings (SSSR count). The normalized spacial score (nSPS) is 22.1. The Morgan fingerprint density at radius 3 is 2.65 bits per heavy atom. The third-order valence-corrected chi connectivity index (χ3v) is 4.06. The topological polar surface area (TPSA) is 33.6 Å². The first-order valence-corrected chi connectivity index (χ1v) is 7.37. The van der Waals surface area contributed by atoms with Gasteiger partial charge in [0.1, 0.15) is 0 Å². The molecule has 1 aliphatic rings. The maximum Gasteiger partial charge on any atom is 0.157 e. The molecule has 0 aromatic carbocycles. The van der Waals surface area contributed by atoms with Crippen LogP contribution in [0.1, 0.15) is 34.1 Å². The van der Waals surface area contributed by atoms with Crippen molar-refractivity contribution in [1.29, 1.82) is 0 Å². The van der Waals surface area contributed by atoms with E-state index >= 15 is 0 Å². The van der Waals surface area contributed by atoms with Crippen LogP contribution in [0.15, 0.2) is 4.99 Å². The summed E-state index contributed by atoms with van der Waals surface area (Å²) in [7, 11) is 1.75. The summed E-state index contributed by atoms with van der Waals surface area (Å²) in [6, 6.07) is 0.365. The number of thioether (sulfide) groups is 1. The highest BCUT2D eigenvalue weighted by molar-refractivity contribution is 8.14. The molecule has 4 heteroatoms. The molecule has 0 saturated heterocycles. The summed E-state index contributed by atoms with van der Waals surface area (Å²) < 4.78 is 5.24. The van der Waals surface area contributed by atoms with E-state index in [4.69, 9.17) is 4.74 Å². The molecule has 17 heavy (non-hydrogen) atoms. The number of rotatable bonds is 6. The third kappa shape index (κ3) is 5.30. The number of nitrogens with one attached hydrogen (secondary N) is 1. The number of aliphatic imine (C=N–C) groups is 1. The largest absolute Gasteiger partial charge is 0.383 e. The highest BCUT2D eigenvalue weighted by atomic mass is 32.2. The molecule has 2 unspecified atom stereocenters. The predicted molar refractivity (Wildman–Crippen MR) is 76.8 cm³/mol. The van der Waals surface area contributed by atoms with E-state index in [1.165, 1.54) is 6.42 Å². The van der Waals surface area contributed by atoms with Gasteiger partial charge in [-0.05, 0) is 18.3 Å². The molecule has 0 aromatic rings. The second-order valence-corrected chi connectivity index (χ2v) is 6.75. The summed E-state index contributed by atoms with van der Waals surface area (Å²) in [6.07, 6.45) is 1.25. The van der Waals surface area contributed by atoms with Crippen molar-refractivity contribution in [2.24, 2.45) is 16.8 Å². The zero-order valence-corrected chi connectivity index (χ0v) is 12.5. The van der Waals surface area contributed by atoms with E-state index in [1.54, 1.807) is 7.11 Å². The molecule has 3 nitrogen and oxygen atoms in total. The maximum atomic E-state index is 5.24. The molecule has 0 radical (unpaired) electrons. The average Bonchev–Trinajstić information content (AvgIpc) is 2.63. The standard InChI is InChI=1S/C13H26N2OS/c1-9(2)6-11-7-14-13(17-11)15-12(8-16-5)10(3)4/h9-12H,6-8H2,1-5H3,(H,14,15). The highest BCUT2D eigenvalue weighted by Gasteiger charge is 2.23. The molecule has 0 amide bonds. The summed E-state index contributed by atoms with van der Waals surface area (Å²) in [5.41, 5.74) is 0. The Balaban J connectivity index is 2.37. The number of hydrogen-bond donors (Lipinski definition) is 1. The molecule has 0 bridgehead atoms. The summed E-state index contributed by atoms with van der Waals surface area (Å²) in [5, 5.41) is 5.27. The van der Waals surface area contributed by atoms with E-state index in [2.05, 4.69) is 38.0 Å². The van der Waals surface area contributed by atoms with Gasteiger partial charge in [-0.1, -0.05) is 39.5 Å². The zero-order valence-electron chi connectivity index (χ0n) is 11.7. The van der Waals surface area contributed by atoms with E-state index in [1.807, 2.05) is 11.8 Å². The zero-order chi connectivity index (χ0) is 12.8. The van der Waals surface area contributed by atoms with E-state index in [0.29, 0.717) is 17.2 Å². The molecule has 1 aliphatic heterocycles. The monoisotopic (exact) mass is 258 g/mol. The SMILES string of the molecule is COCC(NC1=NCC(CC(C)C)S1)C(C)C. The molecule has 0 aromatic heterocycles. The first kappa shape index (κ1) is 14.8. The fraction of sp³-hybridized carbons (Fsp3) is 0.923. The summed E-state index contributed by atoms with van der Waals surface area (Å²) >= 11 is 1.89. The van der Waals surface area contributed by atoms with Crippen molar-refractivity contribution in [2.75, 3.05) is 20.3 Å². The van der Waals surface area contributed by atoms with Gasteiger partial charge in [0.25, 0.3) is 0 Å². The van der Waals surface area contributed by atoms with Gasteiger partial charge in [0.05, 0.1) is 19.2 Å². The van der Waals surface area contributed by atoms with Crippen LogP contribution in [0.25, 0.3) is 0 Å². The third-order valence-electron chi connectivity index (χ3n) is 2.91. The van der Waals surface area contributed by atoms with Gasteiger partial charge in [0.15, 0.2) is 5.17 Å². The minimum atomic E-state index is 0.365. The van der Waals surface area contributed by atoms with Crippen molar-refractivity contribution in [1.82, 2.24) is 5.32 Å². The van der Waals surface area contributed by atoms with E-state index in [9.17, 15) is 0 Å². The highest BCUT2D eigenvalue weighted by Crippen LogP contribution is 2.26.